The number of amides is 2. The summed E-state index contributed by atoms with van der Waals surface area (Å²) in [4.78, 5) is 56.2. The number of hydrogen-bond donors (Lipinski definition) is 1. The summed E-state index contributed by atoms with van der Waals surface area (Å²) in [5, 5.41) is 7.12. The number of rotatable bonds is 8. The van der Waals surface area contributed by atoms with Crippen LogP contribution in [0.5, 0.6) is 0 Å². The number of alkyl halides is 3. The van der Waals surface area contributed by atoms with Crippen molar-refractivity contribution in [1.82, 2.24) is 29.7 Å². The van der Waals surface area contributed by atoms with Crippen molar-refractivity contribution in [3.63, 3.8) is 0 Å². The van der Waals surface area contributed by atoms with Gasteiger partial charge in [-0.2, -0.15) is 13.2 Å². The molecule has 2 amide bonds. The van der Waals surface area contributed by atoms with Gasteiger partial charge >= 0.3 is 18.2 Å². The molecule has 3 aliphatic heterocycles. The average Bonchev–Trinajstić information content (AvgIpc) is 3.13. The third-order valence-corrected chi connectivity index (χ3v) is 12.0. The Morgan fingerprint density at radius 2 is 1.55 bits per heavy atom. The molecule has 5 heterocycles. The summed E-state index contributed by atoms with van der Waals surface area (Å²) in [7, 11) is 0. The summed E-state index contributed by atoms with van der Waals surface area (Å²) in [6, 6.07) is 3.78. The number of halogens is 3. The van der Waals surface area contributed by atoms with Gasteiger partial charge in [0.25, 0.3) is 5.91 Å². The van der Waals surface area contributed by atoms with Crippen molar-refractivity contribution in [2.75, 3.05) is 39.3 Å². The van der Waals surface area contributed by atoms with Gasteiger partial charge in [0.05, 0.1) is 17.0 Å². The molecule has 6 rings (SSSR count). The van der Waals surface area contributed by atoms with Crippen molar-refractivity contribution < 1.29 is 37.4 Å². The van der Waals surface area contributed by atoms with Gasteiger partial charge in [0, 0.05) is 81.5 Å². The summed E-state index contributed by atoms with van der Waals surface area (Å²) in [6.45, 7) is 13.5. The van der Waals surface area contributed by atoms with Gasteiger partial charge in [-0.3, -0.25) is 14.7 Å². The van der Waals surface area contributed by atoms with Crippen LogP contribution in [0.25, 0.3) is 11.4 Å². The van der Waals surface area contributed by atoms with Crippen LogP contribution in [-0.2, 0) is 9.53 Å². The Morgan fingerprint density at radius 1 is 0.962 bits per heavy atom. The highest BCUT2D eigenvalue weighted by molar-refractivity contribution is 5.96. The molecular weight excluding hydrogens is 689 g/mol. The van der Waals surface area contributed by atoms with E-state index in [1.54, 1.807) is 12.4 Å². The van der Waals surface area contributed by atoms with Gasteiger partial charge < -0.3 is 19.6 Å². The van der Waals surface area contributed by atoms with Crippen LogP contribution in [0.2, 0.25) is 0 Å². The van der Waals surface area contributed by atoms with Gasteiger partial charge in [-0.1, -0.05) is 39.0 Å². The number of unbranched alkanes of at least 4 members (excludes halogenated alkanes) is 1. The number of likely N-dealkylation sites (tertiary alicyclic amines) is 2. The van der Waals surface area contributed by atoms with E-state index in [1.807, 2.05) is 30.9 Å². The molecule has 1 saturated carbocycles. The van der Waals surface area contributed by atoms with Gasteiger partial charge in [0.1, 0.15) is 5.60 Å². The third kappa shape index (κ3) is 9.66. The Morgan fingerprint density at radius 3 is 2.09 bits per heavy atom. The van der Waals surface area contributed by atoms with Crippen molar-refractivity contribution >= 4 is 18.0 Å². The first-order valence-corrected chi connectivity index (χ1v) is 19.2. The van der Waals surface area contributed by atoms with Gasteiger partial charge in [-0.15, -0.1) is 0 Å². The predicted molar refractivity (Wildman–Crippen MR) is 193 cm³/mol. The van der Waals surface area contributed by atoms with Gasteiger partial charge in [0.15, 0.2) is 5.82 Å². The van der Waals surface area contributed by atoms with E-state index in [0.717, 1.165) is 75.2 Å². The second-order valence-electron chi connectivity index (χ2n) is 15.6. The third-order valence-electron chi connectivity index (χ3n) is 12.0. The molecule has 1 aliphatic carbocycles. The number of aromatic nitrogens is 3. The average molecular weight is 745 g/mol. The highest BCUT2D eigenvalue weighted by atomic mass is 19.4. The maximum Gasteiger partial charge on any atom is 0.490 e. The standard InChI is InChI=1S/C37H54N6O3.C2HF3O2/c1-5-6-12-31-26-42(25-29-10-8-7-9-11-29)35(45)46-37(31)17-23-43(24-18-37)36(4)15-21-41(22-16-36)34(44)32-27(2)39-33(40-28(32)3)30-13-19-38-20-14-30;3-2(4,5)1(6)7/h13-14,19-20,29,31H,5-12,15-18,21-26H2,1-4H3;(H,6,7). The second kappa shape index (κ2) is 17.1. The Bertz CT molecular complexity index is 1550. The molecule has 3 saturated heterocycles. The first-order chi connectivity index (χ1) is 25.2. The Labute approximate surface area is 310 Å². The molecule has 1 N–H and O–H groups in total. The number of nitrogens with zero attached hydrogens (tertiary/aromatic N) is 6. The lowest BCUT2D eigenvalue weighted by molar-refractivity contribution is -0.192. The molecule has 14 heteroatoms. The highest BCUT2D eigenvalue weighted by Gasteiger charge is 2.52. The fourth-order valence-electron chi connectivity index (χ4n) is 8.72. The smallest absolute Gasteiger partial charge is 0.475 e. The van der Waals surface area contributed by atoms with Crippen LogP contribution in [0.15, 0.2) is 24.5 Å². The lowest BCUT2D eigenvalue weighted by Crippen LogP contribution is -2.63. The zero-order valence-corrected chi connectivity index (χ0v) is 31.6. The first kappa shape index (κ1) is 40.4. The number of hydrogen-bond acceptors (Lipinski definition) is 8. The largest absolute Gasteiger partial charge is 0.490 e. The molecule has 0 bridgehead atoms. The summed E-state index contributed by atoms with van der Waals surface area (Å²) in [6.07, 6.45) is 11.9. The molecule has 4 fully saturated rings. The lowest BCUT2D eigenvalue weighted by Gasteiger charge is -2.55. The number of carbonyl (C=O) groups is 3. The summed E-state index contributed by atoms with van der Waals surface area (Å²) >= 11 is 0. The molecule has 4 aliphatic rings. The molecule has 1 atom stereocenters. The Kier molecular flexibility index (Phi) is 13.0. The zero-order chi connectivity index (χ0) is 38.4. The minimum Gasteiger partial charge on any atom is -0.475 e. The summed E-state index contributed by atoms with van der Waals surface area (Å²) in [5.74, 6) is -1.06. The SMILES string of the molecule is CCCCC1CN(CC2CCCCC2)C(=O)OC12CCN(C1(C)CCN(C(=O)c3c(C)nc(-c4ccncc4)nc3C)CC1)CC2.O=C(O)C(F)(F)F. The van der Waals surface area contributed by atoms with Crippen LogP contribution in [-0.4, -0.2) is 109 Å². The van der Waals surface area contributed by atoms with Gasteiger partial charge in [-0.25, -0.2) is 19.6 Å². The van der Waals surface area contributed by atoms with Crippen molar-refractivity contribution in [1.29, 1.82) is 0 Å². The minimum atomic E-state index is -5.08. The highest BCUT2D eigenvalue weighted by Crippen LogP contribution is 2.44. The van der Waals surface area contributed by atoms with E-state index in [-0.39, 0.29) is 23.1 Å². The molecule has 1 spiro atoms. The van der Waals surface area contributed by atoms with Crippen LogP contribution >= 0.6 is 0 Å². The first-order valence-electron chi connectivity index (χ1n) is 19.2. The molecular formula is C39H55F3N6O5. The van der Waals surface area contributed by atoms with E-state index in [2.05, 4.69) is 28.6 Å². The normalized spacial score (nSPS) is 22.2. The Hall–Kier alpha value is -3.81. The molecule has 1 unspecified atom stereocenters. The lowest BCUT2D eigenvalue weighted by atomic mass is 9.74. The van der Waals surface area contributed by atoms with Crippen LogP contribution < -0.4 is 0 Å². The number of carboxylic acids is 1. The number of pyridine rings is 1. The monoisotopic (exact) mass is 744 g/mol. The van der Waals surface area contributed by atoms with Crippen molar-refractivity contribution in [2.45, 2.75) is 122 Å². The number of ether oxygens (including phenoxy) is 1. The van der Waals surface area contributed by atoms with Crippen LogP contribution in [0, 0.1) is 25.7 Å². The van der Waals surface area contributed by atoms with Crippen molar-refractivity contribution in [3.05, 3.63) is 41.5 Å². The molecule has 2 aromatic heterocycles. The molecule has 2 aromatic rings. The van der Waals surface area contributed by atoms with E-state index in [0.29, 0.717) is 36.3 Å². The van der Waals surface area contributed by atoms with E-state index in [9.17, 15) is 22.8 Å². The number of piperidine rings is 2. The van der Waals surface area contributed by atoms with Crippen molar-refractivity contribution in [3.8, 4) is 11.4 Å². The maximum atomic E-state index is 13.8. The van der Waals surface area contributed by atoms with Crippen LogP contribution in [0.1, 0.15) is 113 Å². The zero-order valence-electron chi connectivity index (χ0n) is 31.6. The molecule has 53 heavy (non-hydrogen) atoms. The number of aryl methyl sites for hydroxylation is 2. The van der Waals surface area contributed by atoms with Crippen molar-refractivity contribution in [2.24, 2.45) is 11.8 Å². The number of carboxylic acid groups (broad SMARTS) is 1. The van der Waals surface area contributed by atoms with E-state index in [4.69, 9.17) is 24.6 Å². The fraction of sp³-hybridized carbons (Fsp3) is 0.692. The summed E-state index contributed by atoms with van der Waals surface area (Å²) < 4.78 is 38.2. The van der Waals surface area contributed by atoms with Crippen LogP contribution in [0.3, 0.4) is 0 Å². The fourth-order valence-corrected chi connectivity index (χ4v) is 8.72. The topological polar surface area (TPSA) is 129 Å². The van der Waals surface area contributed by atoms with E-state index in [1.165, 1.54) is 44.9 Å². The van der Waals surface area contributed by atoms with Gasteiger partial charge in [0.2, 0.25) is 0 Å². The molecule has 0 aromatic carbocycles. The second-order valence-corrected chi connectivity index (χ2v) is 15.6. The quantitative estimate of drug-likeness (QED) is 0.293. The number of aliphatic carboxylic acids is 1. The predicted octanol–water partition coefficient (Wildman–Crippen LogP) is 7.46. The van der Waals surface area contributed by atoms with Gasteiger partial charge in [-0.05, 0) is 70.9 Å². The Balaban J connectivity index is 0.000000705. The molecule has 292 valence electrons. The maximum absolute atomic E-state index is 13.8. The minimum absolute atomic E-state index is 0.0226. The number of carbonyl (C=O) groups excluding carboxylic acids is 2. The summed E-state index contributed by atoms with van der Waals surface area (Å²) in [5.41, 5.74) is 2.64. The van der Waals surface area contributed by atoms with E-state index < -0.39 is 12.1 Å². The molecule has 0 radical (unpaired) electrons. The molecule has 11 nitrogen and oxygen atoms in total. The van der Waals surface area contributed by atoms with Crippen LogP contribution in [0.4, 0.5) is 18.0 Å². The van der Waals surface area contributed by atoms with E-state index >= 15 is 0 Å².